The number of benzene rings is 1. The van der Waals surface area contributed by atoms with E-state index in [2.05, 4.69) is 15.5 Å². The molecule has 1 heterocycles. The minimum Gasteiger partial charge on any atom is -0.383 e. The van der Waals surface area contributed by atoms with Crippen molar-refractivity contribution < 1.29 is 9.66 Å². The third-order valence-corrected chi connectivity index (χ3v) is 3.83. The minimum absolute atomic E-state index is 0.0602. The summed E-state index contributed by atoms with van der Waals surface area (Å²) in [5, 5.41) is 23.8. The van der Waals surface area contributed by atoms with E-state index in [1.54, 1.807) is 13.2 Å². The Labute approximate surface area is 126 Å². The molecule has 1 aromatic heterocycles. The molecule has 0 aliphatic carbocycles. The average molecular weight is 308 g/mol. The molecule has 112 valence electrons. The number of aromatic nitrogens is 2. The lowest BCUT2D eigenvalue weighted by Crippen LogP contribution is -2.18. The molecule has 0 radical (unpaired) electrons. The SMILES string of the molecule is COCCNCc1nnc(-c2c(C)cccc2[N+](=O)[O-])s1. The molecule has 0 atom stereocenters. The van der Waals surface area contributed by atoms with Crippen molar-refractivity contribution in [2.45, 2.75) is 13.5 Å². The van der Waals surface area contributed by atoms with Gasteiger partial charge in [-0.05, 0) is 12.5 Å². The zero-order valence-corrected chi connectivity index (χ0v) is 12.6. The van der Waals surface area contributed by atoms with E-state index in [1.165, 1.54) is 17.4 Å². The van der Waals surface area contributed by atoms with Crippen LogP contribution < -0.4 is 5.32 Å². The number of nitrogens with one attached hydrogen (secondary N) is 1. The molecule has 0 saturated carbocycles. The summed E-state index contributed by atoms with van der Waals surface area (Å²) < 4.78 is 4.94. The van der Waals surface area contributed by atoms with Crippen LogP contribution in [0.1, 0.15) is 10.6 Å². The van der Waals surface area contributed by atoms with Gasteiger partial charge in [0.15, 0.2) is 5.01 Å². The van der Waals surface area contributed by atoms with Crippen molar-refractivity contribution in [3.05, 3.63) is 38.9 Å². The van der Waals surface area contributed by atoms with Gasteiger partial charge >= 0.3 is 0 Å². The van der Waals surface area contributed by atoms with Crippen LogP contribution in [0.3, 0.4) is 0 Å². The van der Waals surface area contributed by atoms with E-state index in [9.17, 15) is 10.1 Å². The fraction of sp³-hybridized carbons (Fsp3) is 0.385. The number of nitro groups is 1. The Morgan fingerprint density at radius 2 is 2.24 bits per heavy atom. The largest absolute Gasteiger partial charge is 0.383 e. The number of hydrogen-bond donors (Lipinski definition) is 1. The van der Waals surface area contributed by atoms with Gasteiger partial charge in [-0.15, -0.1) is 10.2 Å². The maximum absolute atomic E-state index is 11.1. The maximum Gasteiger partial charge on any atom is 0.279 e. The van der Waals surface area contributed by atoms with E-state index in [0.29, 0.717) is 23.7 Å². The topological polar surface area (TPSA) is 90.2 Å². The highest BCUT2D eigenvalue weighted by Gasteiger charge is 2.20. The Bertz CT molecular complexity index is 630. The van der Waals surface area contributed by atoms with Crippen LogP contribution in [0.5, 0.6) is 0 Å². The Morgan fingerprint density at radius 3 is 2.95 bits per heavy atom. The fourth-order valence-corrected chi connectivity index (χ4v) is 2.81. The Kier molecular flexibility index (Phi) is 5.32. The van der Waals surface area contributed by atoms with Gasteiger partial charge in [0.05, 0.1) is 17.1 Å². The van der Waals surface area contributed by atoms with E-state index in [-0.39, 0.29) is 10.6 Å². The molecular formula is C13H16N4O3S. The smallest absolute Gasteiger partial charge is 0.279 e. The first-order valence-electron chi connectivity index (χ1n) is 6.40. The van der Waals surface area contributed by atoms with Crippen LogP contribution >= 0.6 is 11.3 Å². The first-order chi connectivity index (χ1) is 10.1. The van der Waals surface area contributed by atoms with Crippen LogP contribution in [-0.4, -0.2) is 35.4 Å². The molecule has 0 unspecified atom stereocenters. The lowest BCUT2D eigenvalue weighted by molar-refractivity contribution is -0.384. The van der Waals surface area contributed by atoms with Crippen LogP contribution in [-0.2, 0) is 11.3 Å². The first-order valence-corrected chi connectivity index (χ1v) is 7.21. The van der Waals surface area contributed by atoms with Gasteiger partial charge in [0.2, 0.25) is 0 Å². The van der Waals surface area contributed by atoms with Gasteiger partial charge in [-0.2, -0.15) is 0 Å². The number of ether oxygens (including phenoxy) is 1. The molecule has 0 bridgehead atoms. The standard InChI is InChI=1S/C13H16N4O3S/c1-9-4-3-5-10(17(18)19)12(9)13-16-15-11(21-13)8-14-6-7-20-2/h3-5,14H,6-8H2,1-2H3. The summed E-state index contributed by atoms with van der Waals surface area (Å²) in [6, 6.07) is 4.99. The predicted molar refractivity (Wildman–Crippen MR) is 80.3 cm³/mol. The number of hydrogen-bond acceptors (Lipinski definition) is 7. The van der Waals surface area contributed by atoms with Gasteiger partial charge in [-0.1, -0.05) is 23.5 Å². The zero-order chi connectivity index (χ0) is 15.2. The Morgan fingerprint density at radius 1 is 1.43 bits per heavy atom. The summed E-state index contributed by atoms with van der Waals surface area (Å²) in [6.45, 7) is 3.74. The summed E-state index contributed by atoms with van der Waals surface area (Å²) in [6.07, 6.45) is 0. The number of nitro benzene ring substituents is 1. The van der Waals surface area contributed by atoms with Gasteiger partial charge in [0.25, 0.3) is 5.69 Å². The average Bonchev–Trinajstić information content (AvgIpc) is 2.91. The van der Waals surface area contributed by atoms with Gasteiger partial charge < -0.3 is 10.1 Å². The molecule has 0 amide bonds. The normalized spacial score (nSPS) is 10.8. The molecule has 1 aromatic carbocycles. The lowest BCUT2D eigenvalue weighted by Gasteiger charge is -2.02. The van der Waals surface area contributed by atoms with E-state index in [0.717, 1.165) is 17.1 Å². The summed E-state index contributed by atoms with van der Waals surface area (Å²) in [4.78, 5) is 10.7. The highest BCUT2D eigenvalue weighted by Crippen LogP contribution is 2.34. The molecule has 2 rings (SSSR count). The fourth-order valence-electron chi connectivity index (χ4n) is 1.88. The molecule has 0 aliphatic heterocycles. The second kappa shape index (κ2) is 7.21. The van der Waals surface area contributed by atoms with Crippen LogP contribution in [0, 0.1) is 17.0 Å². The van der Waals surface area contributed by atoms with Crippen molar-refractivity contribution in [1.29, 1.82) is 0 Å². The molecule has 2 aromatic rings. The number of nitrogens with zero attached hydrogens (tertiary/aromatic N) is 3. The van der Waals surface area contributed by atoms with Crippen molar-refractivity contribution >= 4 is 17.0 Å². The molecule has 0 aliphatic rings. The quantitative estimate of drug-likeness (QED) is 0.479. The number of rotatable bonds is 7. The van der Waals surface area contributed by atoms with E-state index < -0.39 is 0 Å². The van der Waals surface area contributed by atoms with Crippen LogP contribution in [0.4, 0.5) is 5.69 Å². The summed E-state index contributed by atoms with van der Waals surface area (Å²) in [5.41, 5.74) is 1.42. The summed E-state index contributed by atoms with van der Waals surface area (Å²) in [7, 11) is 1.64. The Hall–Kier alpha value is -1.90. The molecule has 21 heavy (non-hydrogen) atoms. The third kappa shape index (κ3) is 3.81. The summed E-state index contributed by atoms with van der Waals surface area (Å²) in [5.74, 6) is 0. The molecular weight excluding hydrogens is 292 g/mol. The second-order valence-corrected chi connectivity index (χ2v) is 5.46. The molecule has 0 fully saturated rings. The van der Waals surface area contributed by atoms with E-state index in [1.807, 2.05) is 13.0 Å². The van der Waals surface area contributed by atoms with Crippen LogP contribution in [0.2, 0.25) is 0 Å². The number of methoxy groups -OCH3 is 1. The van der Waals surface area contributed by atoms with Crippen molar-refractivity contribution in [2.24, 2.45) is 0 Å². The highest BCUT2D eigenvalue weighted by molar-refractivity contribution is 7.14. The van der Waals surface area contributed by atoms with E-state index >= 15 is 0 Å². The second-order valence-electron chi connectivity index (χ2n) is 4.40. The van der Waals surface area contributed by atoms with Crippen molar-refractivity contribution in [3.8, 4) is 10.6 Å². The molecule has 8 heteroatoms. The van der Waals surface area contributed by atoms with Gasteiger partial charge in [0.1, 0.15) is 5.01 Å². The van der Waals surface area contributed by atoms with Gasteiger partial charge in [-0.3, -0.25) is 10.1 Å². The van der Waals surface area contributed by atoms with Crippen molar-refractivity contribution in [1.82, 2.24) is 15.5 Å². The molecule has 7 nitrogen and oxygen atoms in total. The van der Waals surface area contributed by atoms with Gasteiger partial charge in [0, 0.05) is 26.3 Å². The van der Waals surface area contributed by atoms with Crippen LogP contribution in [0.25, 0.3) is 10.6 Å². The molecule has 1 N–H and O–H groups in total. The maximum atomic E-state index is 11.1. The first kappa shape index (κ1) is 15.5. The van der Waals surface area contributed by atoms with Crippen molar-refractivity contribution in [3.63, 3.8) is 0 Å². The van der Waals surface area contributed by atoms with Crippen molar-refractivity contribution in [2.75, 3.05) is 20.3 Å². The zero-order valence-electron chi connectivity index (χ0n) is 11.8. The number of aryl methyl sites for hydroxylation is 1. The lowest BCUT2D eigenvalue weighted by atomic mass is 10.1. The van der Waals surface area contributed by atoms with Gasteiger partial charge in [-0.25, -0.2) is 0 Å². The van der Waals surface area contributed by atoms with E-state index in [4.69, 9.17) is 4.74 Å². The third-order valence-electron chi connectivity index (χ3n) is 2.89. The summed E-state index contributed by atoms with van der Waals surface area (Å²) >= 11 is 1.36. The van der Waals surface area contributed by atoms with Crippen LogP contribution in [0.15, 0.2) is 18.2 Å². The Balaban J connectivity index is 2.20. The minimum atomic E-state index is -0.389. The monoisotopic (exact) mass is 308 g/mol. The predicted octanol–water partition coefficient (Wildman–Crippen LogP) is 2.16. The molecule has 0 saturated heterocycles. The molecule has 0 spiro atoms. The highest BCUT2D eigenvalue weighted by atomic mass is 32.1.